The Morgan fingerprint density at radius 3 is 2.38 bits per heavy atom. The molecule has 0 saturated carbocycles. The lowest BCUT2D eigenvalue weighted by Crippen LogP contribution is -1.92. The van der Waals surface area contributed by atoms with E-state index < -0.39 is 0 Å². The molecule has 0 bridgehead atoms. The first-order valence-electron chi connectivity index (χ1n) is 4.82. The van der Waals surface area contributed by atoms with E-state index in [2.05, 4.69) is 46.4 Å². The summed E-state index contributed by atoms with van der Waals surface area (Å²) in [5.74, 6) is 0. The molecule has 0 heterocycles. The van der Waals surface area contributed by atoms with Crippen molar-refractivity contribution in [3.8, 4) is 0 Å². The fourth-order valence-corrected chi connectivity index (χ4v) is 1.60. The van der Waals surface area contributed by atoms with Gasteiger partial charge in [0.15, 0.2) is 0 Å². The first-order valence-corrected chi connectivity index (χ1v) is 4.82. The molecule has 13 heavy (non-hydrogen) atoms. The Morgan fingerprint density at radius 1 is 1.23 bits per heavy atom. The highest BCUT2D eigenvalue weighted by atomic mass is 14.1. The van der Waals surface area contributed by atoms with Gasteiger partial charge in [-0.2, -0.15) is 0 Å². The predicted octanol–water partition coefficient (Wildman–Crippen LogP) is 4.04. The maximum absolute atomic E-state index is 4.09. The Balaban J connectivity index is 3.28. The minimum atomic E-state index is 1.03. The van der Waals surface area contributed by atoms with E-state index in [4.69, 9.17) is 0 Å². The number of allylic oxidation sites excluding steroid dienone is 1. The van der Waals surface area contributed by atoms with Crippen LogP contribution in [0.2, 0.25) is 0 Å². The summed E-state index contributed by atoms with van der Waals surface area (Å²) in [4.78, 5) is 0. The summed E-state index contributed by atoms with van der Waals surface area (Å²) < 4.78 is 0. The molecule has 0 aliphatic carbocycles. The van der Waals surface area contributed by atoms with Crippen LogP contribution in [0.5, 0.6) is 0 Å². The third-order valence-corrected chi connectivity index (χ3v) is 2.62. The molecular formula is C13H18. The average Bonchev–Trinajstić information content (AvgIpc) is 2.10. The SMILES string of the molecule is C=C(CC)c1cc(C)cc(C)c1C. The van der Waals surface area contributed by atoms with E-state index in [9.17, 15) is 0 Å². The predicted molar refractivity (Wildman–Crippen MR) is 60.0 cm³/mol. The molecule has 70 valence electrons. The van der Waals surface area contributed by atoms with Crippen LogP contribution in [0.1, 0.15) is 35.6 Å². The monoisotopic (exact) mass is 174 g/mol. The lowest BCUT2D eigenvalue weighted by molar-refractivity contribution is 1.20. The van der Waals surface area contributed by atoms with Crippen LogP contribution in [-0.4, -0.2) is 0 Å². The average molecular weight is 174 g/mol. The summed E-state index contributed by atoms with van der Waals surface area (Å²) >= 11 is 0. The quantitative estimate of drug-likeness (QED) is 0.635. The summed E-state index contributed by atoms with van der Waals surface area (Å²) in [5.41, 5.74) is 6.64. The molecule has 0 spiro atoms. The van der Waals surface area contributed by atoms with Gasteiger partial charge in [0.05, 0.1) is 0 Å². The first-order chi connectivity index (χ1) is 6.06. The second-order valence-electron chi connectivity index (χ2n) is 3.71. The highest BCUT2D eigenvalue weighted by molar-refractivity contribution is 5.67. The van der Waals surface area contributed by atoms with Gasteiger partial charge in [-0.1, -0.05) is 31.2 Å². The smallest absolute Gasteiger partial charge is 0.0196 e. The third kappa shape index (κ3) is 2.00. The Bertz CT molecular complexity index is 332. The molecule has 0 atom stereocenters. The fourth-order valence-electron chi connectivity index (χ4n) is 1.60. The van der Waals surface area contributed by atoms with Gasteiger partial charge >= 0.3 is 0 Å². The van der Waals surface area contributed by atoms with E-state index in [1.807, 2.05) is 0 Å². The summed E-state index contributed by atoms with van der Waals surface area (Å²) in [5, 5.41) is 0. The first kappa shape index (κ1) is 10.0. The Labute approximate surface area is 81.3 Å². The molecule has 0 nitrogen and oxygen atoms in total. The Hall–Kier alpha value is -1.04. The molecule has 0 saturated heterocycles. The minimum Gasteiger partial charge on any atom is -0.0952 e. The molecule has 0 N–H and O–H groups in total. The number of rotatable bonds is 2. The van der Waals surface area contributed by atoms with E-state index >= 15 is 0 Å². The fraction of sp³-hybridized carbons (Fsp3) is 0.385. The van der Waals surface area contributed by atoms with Crippen molar-refractivity contribution < 1.29 is 0 Å². The molecule has 0 aliphatic rings. The van der Waals surface area contributed by atoms with E-state index in [0.29, 0.717) is 0 Å². The largest absolute Gasteiger partial charge is 0.0952 e. The molecule has 1 rings (SSSR count). The zero-order valence-electron chi connectivity index (χ0n) is 9.07. The van der Waals surface area contributed by atoms with Crippen molar-refractivity contribution in [1.82, 2.24) is 0 Å². The van der Waals surface area contributed by atoms with E-state index in [-0.39, 0.29) is 0 Å². The number of hydrogen-bond donors (Lipinski definition) is 0. The van der Waals surface area contributed by atoms with Crippen molar-refractivity contribution in [1.29, 1.82) is 0 Å². The van der Waals surface area contributed by atoms with Gasteiger partial charge in [0.2, 0.25) is 0 Å². The van der Waals surface area contributed by atoms with Gasteiger partial charge in [-0.25, -0.2) is 0 Å². The van der Waals surface area contributed by atoms with E-state index in [1.165, 1.54) is 27.8 Å². The molecule has 0 aromatic heterocycles. The zero-order chi connectivity index (χ0) is 10.0. The standard InChI is InChI=1S/C13H18/c1-6-10(3)13-8-9(2)7-11(4)12(13)5/h7-8H,3,6H2,1-2,4-5H3. The van der Waals surface area contributed by atoms with Crippen molar-refractivity contribution in [2.75, 3.05) is 0 Å². The number of hydrogen-bond acceptors (Lipinski definition) is 0. The van der Waals surface area contributed by atoms with Crippen LogP contribution in [0, 0.1) is 20.8 Å². The van der Waals surface area contributed by atoms with Crippen LogP contribution < -0.4 is 0 Å². The van der Waals surface area contributed by atoms with Crippen LogP contribution in [0.15, 0.2) is 18.7 Å². The Morgan fingerprint density at radius 2 is 1.85 bits per heavy atom. The second kappa shape index (κ2) is 3.78. The van der Waals surface area contributed by atoms with Crippen LogP contribution in [0.25, 0.3) is 5.57 Å². The minimum absolute atomic E-state index is 1.03. The van der Waals surface area contributed by atoms with Gasteiger partial charge in [0.1, 0.15) is 0 Å². The van der Waals surface area contributed by atoms with Crippen molar-refractivity contribution in [3.63, 3.8) is 0 Å². The van der Waals surface area contributed by atoms with Crippen LogP contribution in [0.3, 0.4) is 0 Å². The van der Waals surface area contributed by atoms with Crippen LogP contribution >= 0.6 is 0 Å². The van der Waals surface area contributed by atoms with Gasteiger partial charge in [0, 0.05) is 0 Å². The van der Waals surface area contributed by atoms with Gasteiger partial charge < -0.3 is 0 Å². The lowest BCUT2D eigenvalue weighted by Gasteiger charge is -2.11. The van der Waals surface area contributed by atoms with Crippen molar-refractivity contribution in [2.45, 2.75) is 34.1 Å². The second-order valence-corrected chi connectivity index (χ2v) is 3.71. The topological polar surface area (TPSA) is 0 Å². The third-order valence-electron chi connectivity index (χ3n) is 2.62. The molecule has 0 radical (unpaired) electrons. The molecular weight excluding hydrogens is 156 g/mol. The normalized spacial score (nSPS) is 10.2. The van der Waals surface area contributed by atoms with Gasteiger partial charge in [-0.15, -0.1) is 0 Å². The molecule has 0 unspecified atom stereocenters. The molecule has 1 aromatic carbocycles. The summed E-state index contributed by atoms with van der Waals surface area (Å²) in [6, 6.07) is 4.45. The van der Waals surface area contributed by atoms with Crippen molar-refractivity contribution >= 4 is 5.57 Å². The van der Waals surface area contributed by atoms with Crippen LogP contribution in [0.4, 0.5) is 0 Å². The van der Waals surface area contributed by atoms with Crippen molar-refractivity contribution in [2.24, 2.45) is 0 Å². The molecule has 0 fully saturated rings. The molecule has 0 aliphatic heterocycles. The highest BCUT2D eigenvalue weighted by Crippen LogP contribution is 2.23. The van der Waals surface area contributed by atoms with E-state index in [1.54, 1.807) is 0 Å². The molecule has 1 aromatic rings. The van der Waals surface area contributed by atoms with Crippen LogP contribution in [-0.2, 0) is 0 Å². The highest BCUT2D eigenvalue weighted by Gasteiger charge is 2.04. The van der Waals surface area contributed by atoms with Gasteiger partial charge in [0.25, 0.3) is 0 Å². The van der Waals surface area contributed by atoms with Crippen molar-refractivity contribution in [3.05, 3.63) is 41.0 Å². The lowest BCUT2D eigenvalue weighted by atomic mass is 9.94. The summed E-state index contributed by atoms with van der Waals surface area (Å²) in [6.45, 7) is 12.7. The molecule has 0 heteroatoms. The maximum Gasteiger partial charge on any atom is -0.0196 e. The summed E-state index contributed by atoms with van der Waals surface area (Å²) in [6.07, 6.45) is 1.03. The van der Waals surface area contributed by atoms with Gasteiger partial charge in [-0.3, -0.25) is 0 Å². The summed E-state index contributed by atoms with van der Waals surface area (Å²) in [7, 11) is 0. The van der Waals surface area contributed by atoms with E-state index in [0.717, 1.165) is 6.42 Å². The number of aryl methyl sites for hydroxylation is 2. The zero-order valence-corrected chi connectivity index (χ0v) is 9.07. The van der Waals surface area contributed by atoms with Gasteiger partial charge in [-0.05, 0) is 49.5 Å². The number of benzene rings is 1. The Kier molecular flexibility index (Phi) is 2.92. The maximum atomic E-state index is 4.09. The molecule has 0 amide bonds.